The van der Waals surface area contributed by atoms with Crippen molar-refractivity contribution >= 4 is 52.3 Å². The first kappa shape index (κ1) is 120. The van der Waals surface area contributed by atoms with Crippen LogP contribution in [0.1, 0.15) is 251 Å². The molecule has 9 aromatic carbocycles. The average molecular weight is 1960 g/mol. The van der Waals surface area contributed by atoms with Crippen LogP contribution in [0.3, 0.4) is 0 Å². The second kappa shape index (κ2) is 62.6. The number of halogens is 1. The van der Waals surface area contributed by atoms with Gasteiger partial charge < -0.3 is 62.2 Å². The summed E-state index contributed by atoms with van der Waals surface area (Å²) in [6.45, 7) is 38.3. The molecule has 4 spiro atoms. The third-order valence-electron chi connectivity index (χ3n) is 23.7. The Morgan fingerprint density at radius 2 is 0.724 bits per heavy atom. The number of phenols is 1. The summed E-state index contributed by atoms with van der Waals surface area (Å²) in [5.41, 5.74) is 9.24. The number of amides is 1. The quantitative estimate of drug-likeness (QED) is 0.0197. The zero-order valence-corrected chi connectivity index (χ0v) is 81.5. The van der Waals surface area contributed by atoms with Gasteiger partial charge in [0.05, 0.1) is 34.6 Å². The molecule has 5 fully saturated rings. The van der Waals surface area contributed by atoms with Crippen molar-refractivity contribution in [2.45, 2.75) is 257 Å². The van der Waals surface area contributed by atoms with Crippen LogP contribution in [0.5, 0.6) is 28.7 Å². The van der Waals surface area contributed by atoms with Crippen molar-refractivity contribution in [3.63, 3.8) is 0 Å². The van der Waals surface area contributed by atoms with E-state index < -0.39 is 5.60 Å². The van der Waals surface area contributed by atoms with Gasteiger partial charge in [0.15, 0.2) is 11.6 Å². The Balaban J connectivity index is 0.000000536. The Morgan fingerprint density at radius 3 is 1.08 bits per heavy atom. The minimum absolute atomic E-state index is 0. The molecule has 0 aromatic heterocycles. The Kier molecular flexibility index (Phi) is 56.1. The van der Waals surface area contributed by atoms with Crippen LogP contribution in [0.4, 0.5) is 16.2 Å². The van der Waals surface area contributed by atoms with Crippen molar-refractivity contribution in [3.8, 4) is 28.7 Å². The number of Topliss-reactive ketones (excluding diaryl/α,β-unsaturated/α-hetero) is 3. The number of likely N-dealkylation sites (tertiary alicyclic amines) is 5. The SMILES string of the molecule is C.C.C.C.CC.CC.CC.CC.CC(=O)c1ccccc1O.CC(C)(C)OC(=O)N1CCC2(CCNc3ccccc3O2)CC1.O/N=C1/CC2(CCN(Cc3ccccc3)CC2)Oc2ccccc21.O=C1CC2(CCN(Cc3ccccc3)CC2)Oc2ccccc21.O=C1CCN(Cc2ccccc2)CC1.ONCl.[CH3-].[Pd].c1ccc(CN2CCC3(CCNc4ccccc4O3)CC2)cc1. The van der Waals surface area contributed by atoms with Crippen LogP contribution in [0.2, 0.25) is 0 Å². The molecule has 6 N–H and O–H groups in total. The Labute approximate surface area is 824 Å². The number of nitrogens with one attached hydrogen (secondary N) is 3. The smallest absolute Gasteiger partial charge is 0.410 e. The Morgan fingerprint density at radius 1 is 0.425 bits per heavy atom. The molecule has 0 bridgehead atoms. The van der Waals surface area contributed by atoms with Crippen molar-refractivity contribution in [2.24, 2.45) is 5.16 Å². The van der Waals surface area contributed by atoms with E-state index in [9.17, 15) is 24.4 Å². The largest absolute Gasteiger partial charge is 0.507 e. The van der Waals surface area contributed by atoms with Crippen molar-refractivity contribution in [1.29, 1.82) is 0 Å². The number of phenolic OH excluding ortho intramolecular Hbond substituents is 1. The number of ketones is 3. The van der Waals surface area contributed by atoms with Crippen LogP contribution < -0.4 is 34.6 Å². The van der Waals surface area contributed by atoms with E-state index in [4.69, 9.17) is 34.0 Å². The molecule has 21 nitrogen and oxygen atoms in total. The summed E-state index contributed by atoms with van der Waals surface area (Å²) in [6.07, 6.45) is 12.1. The molecule has 134 heavy (non-hydrogen) atoms. The number of carbonyl (C=O) groups excluding carboxylic acids is 4. The van der Waals surface area contributed by atoms with Gasteiger partial charge in [-0.25, -0.2) is 4.79 Å². The normalized spacial score (nSPS) is 17.1. The van der Waals surface area contributed by atoms with Gasteiger partial charge in [-0.2, -0.15) is 0 Å². The summed E-state index contributed by atoms with van der Waals surface area (Å²) in [5, 5.41) is 36.1. The summed E-state index contributed by atoms with van der Waals surface area (Å²) < 4.78 is 31.0. The van der Waals surface area contributed by atoms with Gasteiger partial charge in [0.2, 0.25) is 0 Å². The molecule has 9 aliphatic rings. The van der Waals surface area contributed by atoms with E-state index in [0.717, 1.165) is 220 Å². The van der Waals surface area contributed by atoms with Crippen LogP contribution in [0.25, 0.3) is 0 Å². The van der Waals surface area contributed by atoms with Crippen molar-refractivity contribution < 1.29 is 78.8 Å². The number of benzene rings is 9. The number of hydrogen-bond donors (Lipinski definition) is 6. The molecular weight excluding hydrogens is 1790 g/mol. The summed E-state index contributed by atoms with van der Waals surface area (Å²) in [4.78, 5) is 59.2. The van der Waals surface area contributed by atoms with Gasteiger partial charge in [0.25, 0.3) is 0 Å². The second-order valence-electron chi connectivity index (χ2n) is 33.5. The first-order valence-corrected chi connectivity index (χ1v) is 46.8. The number of piperidine rings is 5. The Bertz CT molecular complexity index is 4760. The number of hydrogen-bond acceptors (Lipinski definition) is 20. The van der Waals surface area contributed by atoms with Gasteiger partial charge in [-0.3, -0.25) is 34.0 Å². The first-order valence-electron chi connectivity index (χ1n) is 46.4. The topological polar surface area (TPSA) is 240 Å². The van der Waals surface area contributed by atoms with E-state index in [1.807, 2.05) is 161 Å². The number of rotatable bonds is 9. The minimum Gasteiger partial charge on any atom is -0.507 e. The van der Waals surface area contributed by atoms with Gasteiger partial charge in [-0.1, -0.05) is 272 Å². The molecule has 9 aromatic rings. The average Bonchev–Trinajstić information content (AvgIpc) is 1.08. The number of fused-ring (bicyclic) bond motifs is 4. The van der Waals surface area contributed by atoms with Crippen LogP contribution in [-0.2, 0) is 56.1 Å². The monoisotopic (exact) mass is 1950 g/mol. The van der Waals surface area contributed by atoms with E-state index in [1.165, 1.54) is 40.2 Å². The summed E-state index contributed by atoms with van der Waals surface area (Å²) >= 11 is 4.30. The van der Waals surface area contributed by atoms with Crippen LogP contribution in [0.15, 0.2) is 248 Å². The van der Waals surface area contributed by atoms with Gasteiger partial charge in [-0.15, -0.1) is 5.00 Å². The molecule has 5 saturated heterocycles. The summed E-state index contributed by atoms with van der Waals surface area (Å²) in [6, 6.07) is 80.7. The van der Waals surface area contributed by atoms with Crippen molar-refractivity contribution in [2.75, 3.05) is 89.2 Å². The van der Waals surface area contributed by atoms with Gasteiger partial charge in [-0.05, 0) is 123 Å². The standard InChI is InChI=1S/C20H22N2O2.C20H24N2O.C20H21NO2.C18H26N2O3.C12H15NO.C8H8O2.4C2H6.4CH4.CH3.ClH2NO.Pd/c23-21-18-14-20(24-19-9-5-4-8-17(18)19)10-12-22(13-11-20)15-16-6-2-1-3-7-16;1-2-6-17(7-3-1)16-22-14-11-20(12-15-22)10-13-21-18-8-4-5-9-19(18)23-20;22-18-14-20(23-19-9-5-4-8-17(18)19)10-12-21(13-11-20)15-16-6-2-1-3-7-16;1-17(2,3)23-16(21)20-12-9-18(10-13-20)8-11-19-14-6-4-5-7-15(14)22-18;14-12-6-8-13(9-7-12)10-11-4-2-1-3-5-11;1-6(9)7-4-2-3-5-8(7)10;4*1-2;;;;;;1-2-3;/h1-9,23H,10-15H2;1-9,21H,10-16H2;1-9H,10-15H2;4-7,19H,8-13H2,1-3H3;1-5H,6-10H2;2-5,10H,1H3;4*1-2H3;4*1H4;1H3;2-3H;/q;;;;;;;;;;;;;;-1;;/b21-18-;;;;;;;;;;;;;;;;. The number of ether oxygens (including phenoxy) is 5. The van der Waals surface area contributed by atoms with Gasteiger partial charge in [0.1, 0.15) is 62.5 Å². The maximum Gasteiger partial charge on any atom is 0.410 e. The van der Waals surface area contributed by atoms with Crippen molar-refractivity contribution in [1.82, 2.24) is 29.5 Å². The zero-order valence-electron chi connectivity index (χ0n) is 79.2. The fourth-order valence-electron chi connectivity index (χ4n) is 17.0. The third-order valence-corrected chi connectivity index (χ3v) is 23.7. The summed E-state index contributed by atoms with van der Waals surface area (Å²) in [5.74, 6) is 4.11. The van der Waals surface area contributed by atoms with Crippen LogP contribution in [-0.4, -0.2) is 176 Å². The fourth-order valence-corrected chi connectivity index (χ4v) is 17.0. The third kappa shape index (κ3) is 37.6. The van der Waals surface area contributed by atoms with Crippen LogP contribution in [0, 0.1) is 7.43 Å². The molecule has 0 aliphatic carbocycles. The molecule has 18 rings (SSSR count). The minimum atomic E-state index is -0.450. The maximum absolute atomic E-state index is 12.4. The van der Waals surface area contributed by atoms with E-state index >= 15 is 0 Å². The summed E-state index contributed by atoms with van der Waals surface area (Å²) in [7, 11) is 0. The molecule has 23 heteroatoms. The number of para-hydroxylation sites is 7. The number of carbonyl (C=O) groups is 4. The molecule has 9 aliphatic heterocycles. The van der Waals surface area contributed by atoms with E-state index in [-0.39, 0.29) is 103 Å². The predicted octanol–water partition coefficient (Wildman–Crippen LogP) is 25.6. The molecule has 740 valence electrons. The molecule has 0 radical (unpaired) electrons. The maximum atomic E-state index is 12.4. The molecule has 0 unspecified atom stereocenters. The first-order chi connectivity index (χ1) is 62.2. The second-order valence-corrected chi connectivity index (χ2v) is 33.7. The molecule has 0 saturated carbocycles. The zero-order chi connectivity index (χ0) is 92.2. The fraction of sp³-hybridized carbons (Fsp3) is 0.459. The number of oxime groups is 1. The van der Waals surface area contributed by atoms with E-state index in [0.29, 0.717) is 37.3 Å². The molecule has 1 amide bonds. The van der Waals surface area contributed by atoms with Gasteiger partial charge >= 0.3 is 6.09 Å². The number of nitrogens with zero attached hydrogens (tertiary/aromatic N) is 6. The molecule has 9 heterocycles. The number of anilines is 2. The Hall–Kier alpha value is -9.96. The predicted molar refractivity (Wildman–Crippen MR) is 551 cm³/mol. The van der Waals surface area contributed by atoms with E-state index in [2.05, 4.69) is 181 Å². The molecule has 0 atom stereocenters. The van der Waals surface area contributed by atoms with Crippen molar-refractivity contribution in [3.05, 3.63) is 289 Å². The number of aromatic hydroxyl groups is 1. The van der Waals surface area contributed by atoms with E-state index in [1.54, 1.807) is 23.1 Å². The van der Waals surface area contributed by atoms with Crippen LogP contribution >= 0.6 is 11.8 Å². The molecular formula is C111H161ClN9O12Pd-. The van der Waals surface area contributed by atoms with Gasteiger partial charge in [0, 0.05) is 213 Å².